The summed E-state index contributed by atoms with van der Waals surface area (Å²) in [7, 11) is 1.44. The van der Waals surface area contributed by atoms with Gasteiger partial charge in [0.25, 0.3) is 17.5 Å². The Hall–Kier alpha value is -5.09. The number of amides is 2. The van der Waals surface area contributed by atoms with Gasteiger partial charge in [0.2, 0.25) is 0 Å². The number of anilines is 2. The molecule has 2 amide bonds. The molecular formula is C30H23N3O6S. The van der Waals surface area contributed by atoms with Gasteiger partial charge in [-0.15, -0.1) is 0 Å². The Kier molecular flexibility index (Phi) is 7.02. The van der Waals surface area contributed by atoms with E-state index in [0.717, 1.165) is 11.1 Å². The zero-order chi connectivity index (χ0) is 28.6. The van der Waals surface area contributed by atoms with Gasteiger partial charge in [0, 0.05) is 12.1 Å². The van der Waals surface area contributed by atoms with Crippen LogP contribution in [0, 0.1) is 24.0 Å². The molecule has 0 bridgehead atoms. The number of thiocarbonyl (C=S) groups is 1. The van der Waals surface area contributed by atoms with Crippen molar-refractivity contribution in [3.05, 3.63) is 111 Å². The molecule has 0 unspecified atom stereocenters. The summed E-state index contributed by atoms with van der Waals surface area (Å²) in [6.07, 6.45) is 1.35. The van der Waals surface area contributed by atoms with Gasteiger partial charge in [0.15, 0.2) is 5.11 Å². The predicted molar refractivity (Wildman–Crippen MR) is 155 cm³/mol. The lowest BCUT2D eigenvalue weighted by Crippen LogP contribution is -2.57. The van der Waals surface area contributed by atoms with Crippen LogP contribution in [0.3, 0.4) is 0 Å². The normalized spacial score (nSPS) is 14.7. The molecule has 0 radical (unpaired) electrons. The number of methoxy groups -OCH3 is 1. The van der Waals surface area contributed by atoms with E-state index in [1.807, 2.05) is 32.0 Å². The number of nitro benzene ring substituents is 1. The Labute approximate surface area is 235 Å². The molecule has 0 atom stereocenters. The highest BCUT2D eigenvalue weighted by molar-refractivity contribution is 7.81. The van der Waals surface area contributed by atoms with E-state index in [1.165, 1.54) is 41.2 Å². The molecule has 0 spiro atoms. The number of para-hydroxylation sites is 1. The first-order valence-electron chi connectivity index (χ1n) is 12.2. The van der Waals surface area contributed by atoms with Crippen molar-refractivity contribution in [2.75, 3.05) is 16.9 Å². The fourth-order valence-corrected chi connectivity index (χ4v) is 4.72. The quantitative estimate of drug-likeness (QED) is 0.0916. The van der Waals surface area contributed by atoms with Crippen LogP contribution in [-0.4, -0.2) is 29.0 Å². The number of hydrogen-bond acceptors (Lipinski definition) is 7. The minimum atomic E-state index is -0.604. The van der Waals surface area contributed by atoms with Crippen LogP contribution < -0.4 is 14.5 Å². The number of carbonyl (C=O) groups excluding carboxylic acids is 2. The van der Waals surface area contributed by atoms with E-state index in [2.05, 4.69) is 0 Å². The maximum absolute atomic E-state index is 13.8. The van der Waals surface area contributed by atoms with Crippen molar-refractivity contribution >= 4 is 52.3 Å². The number of carbonyl (C=O) groups is 2. The first-order chi connectivity index (χ1) is 19.2. The lowest BCUT2D eigenvalue weighted by atomic mass is 10.1. The Balaban J connectivity index is 1.61. The van der Waals surface area contributed by atoms with Crippen LogP contribution in [0.15, 0.2) is 88.9 Å². The summed E-state index contributed by atoms with van der Waals surface area (Å²) in [5.41, 5.74) is 3.09. The van der Waals surface area contributed by atoms with Gasteiger partial charge in [-0.3, -0.25) is 29.5 Å². The van der Waals surface area contributed by atoms with Gasteiger partial charge in [-0.25, -0.2) is 0 Å². The zero-order valence-electron chi connectivity index (χ0n) is 21.8. The number of furan rings is 1. The zero-order valence-corrected chi connectivity index (χ0v) is 22.6. The van der Waals surface area contributed by atoms with E-state index in [-0.39, 0.29) is 27.9 Å². The summed E-state index contributed by atoms with van der Waals surface area (Å²) in [6.45, 7) is 3.89. The van der Waals surface area contributed by atoms with Crippen molar-refractivity contribution in [2.24, 2.45) is 0 Å². The second-order valence-electron chi connectivity index (χ2n) is 9.07. The van der Waals surface area contributed by atoms with Gasteiger partial charge in [0.05, 0.1) is 29.0 Å². The third-order valence-electron chi connectivity index (χ3n) is 6.59. The van der Waals surface area contributed by atoms with E-state index in [0.29, 0.717) is 22.7 Å². The minimum Gasteiger partial charge on any atom is -0.496 e. The highest BCUT2D eigenvalue weighted by atomic mass is 32.1. The Morgan fingerprint density at radius 3 is 2.23 bits per heavy atom. The molecule has 0 saturated carbocycles. The largest absolute Gasteiger partial charge is 0.496 e. The standard InChI is InChI=1S/C30H23N3O6S/c1-18-9-10-21(15-19(18)2)32-29(35)25(28(34)31(30(32)40)20-7-5-4-6-8-20)17-23-12-14-27(39-23)24-16-22(33(36)37)11-13-26(24)38-3/h4-17H,1-3H3. The molecule has 10 heteroatoms. The predicted octanol–water partition coefficient (Wildman–Crippen LogP) is 6.23. The molecule has 1 saturated heterocycles. The molecule has 3 aromatic carbocycles. The van der Waals surface area contributed by atoms with Crippen molar-refractivity contribution in [3.8, 4) is 17.1 Å². The fraction of sp³-hybridized carbons (Fsp3) is 0.100. The van der Waals surface area contributed by atoms with E-state index in [1.54, 1.807) is 42.5 Å². The smallest absolute Gasteiger partial charge is 0.270 e. The number of ether oxygens (including phenoxy) is 1. The molecule has 200 valence electrons. The SMILES string of the molecule is COc1ccc([N+](=O)[O-])cc1-c1ccc(C=C2C(=O)N(c3ccccc3)C(=S)N(c3ccc(C)c(C)c3)C2=O)o1. The number of benzene rings is 3. The number of aryl methyl sites for hydroxylation is 2. The molecule has 1 aromatic heterocycles. The second-order valence-corrected chi connectivity index (χ2v) is 9.43. The lowest BCUT2D eigenvalue weighted by molar-refractivity contribution is -0.384. The van der Waals surface area contributed by atoms with Crippen molar-refractivity contribution in [1.29, 1.82) is 0 Å². The highest BCUT2D eigenvalue weighted by Crippen LogP contribution is 2.36. The maximum Gasteiger partial charge on any atom is 0.270 e. The first kappa shape index (κ1) is 26.5. The monoisotopic (exact) mass is 553 g/mol. The molecule has 0 N–H and O–H groups in total. The second kappa shape index (κ2) is 10.6. The van der Waals surface area contributed by atoms with E-state index < -0.39 is 16.7 Å². The molecule has 1 fully saturated rings. The number of nitro groups is 1. The Bertz CT molecular complexity index is 1710. The number of hydrogen-bond donors (Lipinski definition) is 0. The minimum absolute atomic E-state index is 0.0306. The molecule has 40 heavy (non-hydrogen) atoms. The molecule has 2 heterocycles. The Morgan fingerprint density at radius 2 is 1.57 bits per heavy atom. The van der Waals surface area contributed by atoms with Crippen LogP contribution >= 0.6 is 12.2 Å². The summed E-state index contributed by atoms with van der Waals surface area (Å²) < 4.78 is 11.3. The summed E-state index contributed by atoms with van der Waals surface area (Å²) in [4.78, 5) is 41.0. The summed E-state index contributed by atoms with van der Waals surface area (Å²) in [6, 6.07) is 21.6. The molecule has 4 aromatic rings. The molecule has 9 nitrogen and oxygen atoms in total. The molecule has 1 aliphatic rings. The molecule has 0 aliphatic carbocycles. The molecule has 5 rings (SSSR count). The van der Waals surface area contributed by atoms with E-state index in [4.69, 9.17) is 21.4 Å². The van der Waals surface area contributed by atoms with Crippen LogP contribution in [0.4, 0.5) is 17.1 Å². The number of nitrogens with zero attached hydrogens (tertiary/aromatic N) is 3. The van der Waals surface area contributed by atoms with Crippen molar-refractivity contribution in [2.45, 2.75) is 13.8 Å². The van der Waals surface area contributed by atoms with E-state index in [9.17, 15) is 19.7 Å². The van der Waals surface area contributed by atoms with Crippen LogP contribution in [-0.2, 0) is 9.59 Å². The van der Waals surface area contributed by atoms with Gasteiger partial charge < -0.3 is 9.15 Å². The summed E-state index contributed by atoms with van der Waals surface area (Å²) in [5, 5.41) is 11.3. The average Bonchev–Trinajstić information content (AvgIpc) is 3.42. The first-order valence-corrected chi connectivity index (χ1v) is 12.6. The van der Waals surface area contributed by atoms with Gasteiger partial charge in [-0.05, 0) is 85.7 Å². The van der Waals surface area contributed by atoms with Gasteiger partial charge in [-0.2, -0.15) is 0 Å². The van der Waals surface area contributed by atoms with Gasteiger partial charge >= 0.3 is 0 Å². The third kappa shape index (κ3) is 4.76. The number of non-ortho nitro benzene ring substituents is 1. The van der Waals surface area contributed by atoms with Crippen molar-refractivity contribution in [1.82, 2.24) is 0 Å². The van der Waals surface area contributed by atoms with Crippen LogP contribution in [0.1, 0.15) is 16.9 Å². The number of rotatable bonds is 6. The average molecular weight is 554 g/mol. The van der Waals surface area contributed by atoms with Crippen LogP contribution in [0.5, 0.6) is 5.75 Å². The third-order valence-corrected chi connectivity index (χ3v) is 6.95. The van der Waals surface area contributed by atoms with Gasteiger partial charge in [0.1, 0.15) is 22.8 Å². The summed E-state index contributed by atoms with van der Waals surface area (Å²) >= 11 is 5.68. The summed E-state index contributed by atoms with van der Waals surface area (Å²) in [5.74, 6) is -0.375. The maximum atomic E-state index is 13.8. The fourth-order valence-electron chi connectivity index (χ4n) is 4.35. The molecule has 1 aliphatic heterocycles. The highest BCUT2D eigenvalue weighted by Gasteiger charge is 2.41. The van der Waals surface area contributed by atoms with Gasteiger partial charge in [-0.1, -0.05) is 24.3 Å². The van der Waals surface area contributed by atoms with Crippen LogP contribution in [0.2, 0.25) is 0 Å². The van der Waals surface area contributed by atoms with Crippen molar-refractivity contribution < 1.29 is 23.7 Å². The molecular weight excluding hydrogens is 530 g/mol. The lowest BCUT2D eigenvalue weighted by Gasteiger charge is -2.36. The van der Waals surface area contributed by atoms with Crippen molar-refractivity contribution in [3.63, 3.8) is 0 Å². The Morgan fingerprint density at radius 1 is 0.875 bits per heavy atom. The van der Waals surface area contributed by atoms with E-state index >= 15 is 0 Å². The van der Waals surface area contributed by atoms with Crippen LogP contribution in [0.25, 0.3) is 17.4 Å². The topological polar surface area (TPSA) is 106 Å².